The minimum absolute atomic E-state index is 0.0834. The maximum absolute atomic E-state index is 12.6. The predicted molar refractivity (Wildman–Crippen MR) is 164 cm³/mol. The number of ether oxygens (including phenoxy) is 1. The third-order valence-electron chi connectivity index (χ3n) is 6.87. The number of hydrogen-bond acceptors (Lipinski definition) is 7. The Balaban J connectivity index is 1.75. The molecule has 0 aliphatic rings. The summed E-state index contributed by atoms with van der Waals surface area (Å²) in [6.45, 7) is 8.76. The average Bonchev–Trinajstić information content (AvgIpc) is 3.29. The molecule has 3 aromatic carbocycles. The molecule has 0 amide bonds. The number of nitrogens with zero attached hydrogens (tertiary/aromatic N) is 3. The van der Waals surface area contributed by atoms with Crippen LogP contribution in [0.4, 0.5) is 11.4 Å². The molecule has 4 rings (SSSR count). The normalized spacial score (nSPS) is 12.2. The second-order valence-electron chi connectivity index (χ2n) is 9.53. The van der Waals surface area contributed by atoms with Crippen molar-refractivity contribution in [2.24, 2.45) is 4.99 Å². The summed E-state index contributed by atoms with van der Waals surface area (Å²) in [5.41, 5.74) is 3.87. The molecule has 0 saturated carbocycles. The summed E-state index contributed by atoms with van der Waals surface area (Å²) in [6, 6.07) is 21.5. The third kappa shape index (κ3) is 6.96. The van der Waals surface area contributed by atoms with Crippen LogP contribution < -0.4 is 4.31 Å². The summed E-state index contributed by atoms with van der Waals surface area (Å²) < 4.78 is 31.7. The molecular formula is C31H36N4O5S. The van der Waals surface area contributed by atoms with Crippen molar-refractivity contribution in [2.75, 3.05) is 43.3 Å². The first-order valence-electron chi connectivity index (χ1n) is 13.6. The quantitative estimate of drug-likeness (QED) is 0.174. The van der Waals surface area contributed by atoms with Gasteiger partial charge in [0.05, 0.1) is 41.1 Å². The highest BCUT2D eigenvalue weighted by molar-refractivity contribution is 7.92. The molecule has 41 heavy (non-hydrogen) atoms. The van der Waals surface area contributed by atoms with Gasteiger partial charge < -0.3 is 19.7 Å². The van der Waals surface area contributed by atoms with Gasteiger partial charge in [-0.2, -0.15) is 0 Å². The molecular weight excluding hydrogens is 540 g/mol. The molecule has 9 nitrogen and oxygen atoms in total. The largest absolute Gasteiger partial charge is 0.494 e. The van der Waals surface area contributed by atoms with Gasteiger partial charge in [-0.05, 0) is 56.4 Å². The number of aliphatic imine (C=N–C) groups is 1. The van der Waals surface area contributed by atoms with Gasteiger partial charge in [-0.15, -0.1) is 0 Å². The molecule has 0 bridgehead atoms. The number of sulfonamides is 1. The highest BCUT2D eigenvalue weighted by Gasteiger charge is 2.21. The zero-order chi connectivity index (χ0) is 29.6. The van der Waals surface area contributed by atoms with E-state index in [-0.39, 0.29) is 12.5 Å². The lowest BCUT2D eigenvalue weighted by Crippen LogP contribution is -2.38. The maximum Gasteiger partial charge on any atom is 0.338 e. The molecule has 0 fully saturated rings. The number of carbonyl (C=O) groups excluding carboxylic acids is 1. The van der Waals surface area contributed by atoms with Crippen LogP contribution >= 0.6 is 0 Å². The van der Waals surface area contributed by atoms with Crippen molar-refractivity contribution in [1.82, 2.24) is 9.88 Å². The number of benzene rings is 3. The van der Waals surface area contributed by atoms with Gasteiger partial charge in [0.1, 0.15) is 0 Å². The number of carbonyl (C=O) groups is 1. The molecule has 0 radical (unpaired) electrons. The van der Waals surface area contributed by atoms with Crippen molar-refractivity contribution < 1.29 is 23.1 Å². The molecule has 0 unspecified atom stereocenters. The topological polar surface area (TPSA) is 115 Å². The predicted octanol–water partition coefficient (Wildman–Crippen LogP) is 5.33. The molecule has 1 heterocycles. The number of esters is 1. The molecule has 0 saturated heterocycles. The van der Waals surface area contributed by atoms with E-state index in [1.54, 1.807) is 49.4 Å². The number of aromatic nitrogens is 1. The number of anilines is 1. The number of aromatic amines is 1. The van der Waals surface area contributed by atoms with Crippen molar-refractivity contribution in [3.05, 3.63) is 89.5 Å². The van der Waals surface area contributed by atoms with Gasteiger partial charge in [0.15, 0.2) is 5.88 Å². The van der Waals surface area contributed by atoms with Crippen LogP contribution in [0.25, 0.3) is 10.9 Å². The SMILES string of the molecule is CCOC(=O)c1ccc2c(C(=Nc3ccc(N(CCN(CC)CC)S(C)(=O)=O)cc3)c3ccccc3)c(O)[nH]c2c1. The summed E-state index contributed by atoms with van der Waals surface area (Å²) in [5.74, 6) is -0.526. The number of fused-ring (bicyclic) bond motifs is 1. The molecule has 0 atom stereocenters. The van der Waals surface area contributed by atoms with Gasteiger partial charge in [0.2, 0.25) is 10.0 Å². The van der Waals surface area contributed by atoms with Gasteiger partial charge >= 0.3 is 5.97 Å². The second-order valence-corrected chi connectivity index (χ2v) is 11.4. The van der Waals surface area contributed by atoms with E-state index in [9.17, 15) is 18.3 Å². The number of rotatable bonds is 12. The van der Waals surface area contributed by atoms with E-state index in [2.05, 4.69) is 23.7 Å². The van der Waals surface area contributed by atoms with Crippen LogP contribution in [0.15, 0.2) is 77.8 Å². The summed E-state index contributed by atoms with van der Waals surface area (Å²) in [7, 11) is -3.49. The Morgan fingerprint density at radius 1 is 0.927 bits per heavy atom. The number of nitrogens with one attached hydrogen (secondary N) is 1. The summed E-state index contributed by atoms with van der Waals surface area (Å²) in [5, 5.41) is 11.7. The zero-order valence-electron chi connectivity index (χ0n) is 23.8. The van der Waals surface area contributed by atoms with E-state index in [0.29, 0.717) is 52.2 Å². The van der Waals surface area contributed by atoms with Crippen LogP contribution in [-0.2, 0) is 14.8 Å². The van der Waals surface area contributed by atoms with E-state index in [1.165, 1.54) is 10.6 Å². The lowest BCUT2D eigenvalue weighted by atomic mass is 10.00. The summed E-state index contributed by atoms with van der Waals surface area (Å²) in [4.78, 5) is 22.3. The lowest BCUT2D eigenvalue weighted by molar-refractivity contribution is 0.0526. The van der Waals surface area contributed by atoms with Crippen LogP contribution in [0.1, 0.15) is 42.3 Å². The first-order valence-corrected chi connectivity index (χ1v) is 15.5. The average molecular weight is 577 g/mol. The Morgan fingerprint density at radius 3 is 2.22 bits per heavy atom. The monoisotopic (exact) mass is 576 g/mol. The lowest BCUT2D eigenvalue weighted by Gasteiger charge is -2.26. The first kappa shape index (κ1) is 29.8. The number of likely N-dealkylation sites (N-methyl/N-ethyl adjacent to an activating group) is 1. The van der Waals surface area contributed by atoms with Crippen molar-refractivity contribution in [3.63, 3.8) is 0 Å². The molecule has 10 heteroatoms. The fourth-order valence-electron chi connectivity index (χ4n) is 4.71. The van der Waals surface area contributed by atoms with Crippen LogP contribution in [0.3, 0.4) is 0 Å². The van der Waals surface area contributed by atoms with Crippen LogP contribution in [0.2, 0.25) is 0 Å². The second kappa shape index (κ2) is 13.0. The molecule has 0 spiro atoms. The van der Waals surface area contributed by atoms with Crippen molar-refractivity contribution >= 4 is 44.0 Å². The highest BCUT2D eigenvalue weighted by Crippen LogP contribution is 2.33. The van der Waals surface area contributed by atoms with Gasteiger partial charge in [0, 0.05) is 29.6 Å². The Labute approximate surface area is 241 Å². The van der Waals surface area contributed by atoms with Gasteiger partial charge in [-0.25, -0.2) is 18.2 Å². The van der Waals surface area contributed by atoms with Gasteiger partial charge in [0.25, 0.3) is 0 Å². The molecule has 0 aliphatic heterocycles. The number of H-pyrrole nitrogens is 1. The number of hydrogen-bond donors (Lipinski definition) is 2. The van der Waals surface area contributed by atoms with E-state index in [0.717, 1.165) is 18.7 Å². The molecule has 1 aromatic heterocycles. The highest BCUT2D eigenvalue weighted by atomic mass is 32.2. The first-order chi connectivity index (χ1) is 19.7. The zero-order valence-corrected chi connectivity index (χ0v) is 24.6. The van der Waals surface area contributed by atoms with Crippen LogP contribution in [0, 0.1) is 0 Å². The Kier molecular flexibility index (Phi) is 9.46. The van der Waals surface area contributed by atoms with Gasteiger partial charge in [-0.1, -0.05) is 50.2 Å². The Morgan fingerprint density at radius 2 is 1.61 bits per heavy atom. The van der Waals surface area contributed by atoms with Crippen molar-refractivity contribution in [2.45, 2.75) is 20.8 Å². The van der Waals surface area contributed by atoms with Gasteiger partial charge in [-0.3, -0.25) is 4.31 Å². The smallest absolute Gasteiger partial charge is 0.338 e. The summed E-state index contributed by atoms with van der Waals surface area (Å²) >= 11 is 0. The Hall–Kier alpha value is -4.15. The number of aromatic hydroxyl groups is 1. The van der Waals surface area contributed by atoms with E-state index in [1.807, 2.05) is 30.3 Å². The van der Waals surface area contributed by atoms with Crippen molar-refractivity contribution in [3.8, 4) is 5.88 Å². The van der Waals surface area contributed by atoms with E-state index < -0.39 is 16.0 Å². The molecule has 0 aliphatic carbocycles. The van der Waals surface area contributed by atoms with E-state index in [4.69, 9.17) is 9.73 Å². The minimum Gasteiger partial charge on any atom is -0.494 e. The summed E-state index contributed by atoms with van der Waals surface area (Å²) in [6.07, 6.45) is 1.21. The Bertz CT molecular complexity index is 1630. The van der Waals surface area contributed by atoms with Crippen LogP contribution in [0.5, 0.6) is 5.88 Å². The molecule has 4 aromatic rings. The standard InChI is InChI=1S/C31H36N4O5S/c1-5-34(6-2)19-20-35(41(4,38)39)25-16-14-24(15-17-25)32-29(22-11-9-8-10-12-22)28-26-18-13-23(31(37)40-7-3)21-27(26)33-30(28)36/h8-18,21,33,36H,5-7,19-20H2,1-4H3. The third-order valence-corrected chi connectivity index (χ3v) is 8.06. The minimum atomic E-state index is -3.49. The van der Waals surface area contributed by atoms with Crippen LogP contribution in [-0.4, -0.2) is 74.1 Å². The fraction of sp³-hybridized carbons (Fsp3) is 0.290. The van der Waals surface area contributed by atoms with Crippen molar-refractivity contribution in [1.29, 1.82) is 0 Å². The van der Waals surface area contributed by atoms with E-state index >= 15 is 0 Å². The fourth-order valence-corrected chi connectivity index (χ4v) is 5.62. The molecule has 2 N–H and O–H groups in total. The molecule has 216 valence electrons. The maximum atomic E-state index is 12.6.